The molecule has 0 saturated carbocycles. The Bertz CT molecular complexity index is 670. The summed E-state index contributed by atoms with van der Waals surface area (Å²) in [4.78, 5) is 9.94. The molecule has 0 saturated heterocycles. The van der Waals surface area contributed by atoms with E-state index in [1.165, 1.54) is 4.88 Å². The monoisotopic (exact) mass is 255 g/mol. The van der Waals surface area contributed by atoms with Crippen molar-refractivity contribution in [3.8, 4) is 0 Å². The van der Waals surface area contributed by atoms with Gasteiger partial charge in [0.25, 0.3) is 0 Å². The van der Waals surface area contributed by atoms with Gasteiger partial charge in [0.15, 0.2) is 0 Å². The lowest BCUT2D eigenvalue weighted by molar-refractivity contribution is 1.10. The van der Waals surface area contributed by atoms with Gasteiger partial charge in [0.1, 0.15) is 5.01 Å². The van der Waals surface area contributed by atoms with Gasteiger partial charge in [-0.15, -0.1) is 11.3 Å². The first kappa shape index (κ1) is 11.2. The molecule has 0 radical (unpaired) electrons. The molecule has 2 heterocycles. The second-order valence-electron chi connectivity index (χ2n) is 4.09. The maximum absolute atomic E-state index is 4.35. The van der Waals surface area contributed by atoms with Gasteiger partial charge in [0.05, 0.1) is 12.1 Å². The summed E-state index contributed by atoms with van der Waals surface area (Å²) in [6.07, 6.45) is 3.74. The molecule has 0 aliphatic rings. The Hall–Kier alpha value is -1.94. The number of hydrogen-bond acceptors (Lipinski definition) is 4. The quantitative estimate of drug-likeness (QED) is 0.777. The van der Waals surface area contributed by atoms with Crippen LogP contribution in [0, 0.1) is 6.92 Å². The van der Waals surface area contributed by atoms with Gasteiger partial charge in [-0.2, -0.15) is 0 Å². The van der Waals surface area contributed by atoms with E-state index in [0.717, 1.165) is 28.1 Å². The molecule has 4 heteroatoms. The fraction of sp³-hybridized carbons (Fsp3) is 0.143. The smallest absolute Gasteiger partial charge is 0.112 e. The molecule has 3 rings (SSSR count). The third-order valence-corrected chi connectivity index (χ3v) is 3.66. The van der Waals surface area contributed by atoms with Gasteiger partial charge >= 0.3 is 0 Å². The maximum atomic E-state index is 4.35. The second-order valence-corrected chi connectivity index (χ2v) is 5.41. The summed E-state index contributed by atoms with van der Waals surface area (Å²) in [5.41, 5.74) is 2.12. The van der Waals surface area contributed by atoms with E-state index in [4.69, 9.17) is 0 Å². The minimum Gasteiger partial charge on any atom is -0.378 e. The highest BCUT2D eigenvalue weighted by Crippen LogP contribution is 2.22. The van der Waals surface area contributed by atoms with Crippen molar-refractivity contribution in [2.24, 2.45) is 0 Å². The van der Waals surface area contributed by atoms with Crippen LogP contribution in [0.1, 0.15) is 9.88 Å². The number of hydrogen-bond donors (Lipinski definition) is 1. The highest BCUT2D eigenvalue weighted by molar-refractivity contribution is 7.11. The van der Waals surface area contributed by atoms with E-state index in [-0.39, 0.29) is 0 Å². The molecule has 2 aromatic heterocycles. The van der Waals surface area contributed by atoms with E-state index in [9.17, 15) is 0 Å². The zero-order valence-electron chi connectivity index (χ0n) is 10.1. The van der Waals surface area contributed by atoms with Crippen LogP contribution in [-0.4, -0.2) is 9.97 Å². The normalized spacial score (nSPS) is 10.7. The number of fused-ring (bicyclic) bond motifs is 1. The van der Waals surface area contributed by atoms with Crippen LogP contribution in [0.2, 0.25) is 0 Å². The molecule has 0 unspecified atom stereocenters. The van der Waals surface area contributed by atoms with Gasteiger partial charge in [0.2, 0.25) is 0 Å². The number of aryl methyl sites for hydroxylation is 1. The van der Waals surface area contributed by atoms with Crippen LogP contribution < -0.4 is 5.32 Å². The largest absolute Gasteiger partial charge is 0.378 e. The van der Waals surface area contributed by atoms with Crippen LogP contribution in [0.4, 0.5) is 5.69 Å². The minimum absolute atomic E-state index is 0.756. The van der Waals surface area contributed by atoms with Crippen molar-refractivity contribution < 1.29 is 0 Å². The number of rotatable bonds is 3. The van der Waals surface area contributed by atoms with Crippen LogP contribution in [0.15, 0.2) is 42.7 Å². The molecule has 0 spiro atoms. The number of aromatic nitrogens is 2. The molecule has 18 heavy (non-hydrogen) atoms. The van der Waals surface area contributed by atoms with Gasteiger partial charge < -0.3 is 5.32 Å². The summed E-state index contributed by atoms with van der Waals surface area (Å²) in [7, 11) is 0. The number of pyridine rings is 1. The molecule has 0 fully saturated rings. The Kier molecular flexibility index (Phi) is 2.94. The Labute approximate surface area is 110 Å². The summed E-state index contributed by atoms with van der Waals surface area (Å²) < 4.78 is 0. The lowest BCUT2D eigenvalue weighted by Crippen LogP contribution is -1.99. The molecular weight excluding hydrogens is 242 g/mol. The van der Waals surface area contributed by atoms with Crippen LogP contribution >= 0.6 is 11.3 Å². The van der Waals surface area contributed by atoms with Crippen molar-refractivity contribution in [3.05, 3.63) is 52.6 Å². The Morgan fingerprint density at radius 3 is 2.89 bits per heavy atom. The predicted molar refractivity (Wildman–Crippen MR) is 75.9 cm³/mol. The molecule has 3 aromatic rings. The van der Waals surface area contributed by atoms with Crippen molar-refractivity contribution in [2.45, 2.75) is 13.5 Å². The molecule has 90 valence electrons. The van der Waals surface area contributed by atoms with Crippen molar-refractivity contribution in [2.75, 3.05) is 5.32 Å². The van der Waals surface area contributed by atoms with Gasteiger partial charge in [-0.25, -0.2) is 4.98 Å². The fourth-order valence-corrected chi connectivity index (χ4v) is 2.63. The molecule has 3 nitrogen and oxygen atoms in total. The van der Waals surface area contributed by atoms with Crippen molar-refractivity contribution in [3.63, 3.8) is 0 Å². The summed E-state index contributed by atoms with van der Waals surface area (Å²) in [6.45, 7) is 2.83. The number of nitrogens with zero attached hydrogens (tertiary/aromatic N) is 2. The minimum atomic E-state index is 0.756. The van der Waals surface area contributed by atoms with Crippen LogP contribution in [0.5, 0.6) is 0 Å². The zero-order chi connectivity index (χ0) is 12.4. The predicted octanol–water partition coefficient (Wildman–Crippen LogP) is 3.61. The van der Waals surface area contributed by atoms with Gasteiger partial charge in [0, 0.05) is 28.3 Å². The Morgan fingerprint density at radius 2 is 2.06 bits per heavy atom. The topological polar surface area (TPSA) is 37.8 Å². The molecule has 1 aromatic carbocycles. The van der Waals surface area contributed by atoms with Crippen LogP contribution in [0.3, 0.4) is 0 Å². The van der Waals surface area contributed by atoms with Gasteiger partial charge in [-0.1, -0.05) is 18.2 Å². The van der Waals surface area contributed by atoms with E-state index >= 15 is 0 Å². The summed E-state index contributed by atoms with van der Waals surface area (Å²) in [6, 6.07) is 10.1. The molecule has 0 bridgehead atoms. The summed E-state index contributed by atoms with van der Waals surface area (Å²) in [5.74, 6) is 0. The van der Waals surface area contributed by atoms with Crippen molar-refractivity contribution >= 4 is 27.9 Å². The van der Waals surface area contributed by atoms with E-state index in [1.54, 1.807) is 11.3 Å². The first-order chi connectivity index (χ1) is 8.83. The van der Waals surface area contributed by atoms with Crippen LogP contribution in [0.25, 0.3) is 10.9 Å². The lowest BCUT2D eigenvalue weighted by Gasteiger charge is -2.07. The van der Waals surface area contributed by atoms with Crippen molar-refractivity contribution in [1.29, 1.82) is 0 Å². The molecule has 1 N–H and O–H groups in total. The third-order valence-electron chi connectivity index (χ3n) is 2.75. The molecular formula is C14H13N3S. The summed E-state index contributed by atoms with van der Waals surface area (Å²) in [5, 5.41) is 5.68. The highest BCUT2D eigenvalue weighted by atomic mass is 32.1. The first-order valence-electron chi connectivity index (χ1n) is 5.82. The maximum Gasteiger partial charge on any atom is 0.112 e. The zero-order valence-corrected chi connectivity index (χ0v) is 10.9. The average Bonchev–Trinajstić information content (AvgIpc) is 2.82. The lowest BCUT2D eigenvalue weighted by atomic mass is 10.2. The SMILES string of the molecule is Cc1cnc(CNc2ccnc3ccccc23)s1. The molecule has 0 amide bonds. The fourth-order valence-electron chi connectivity index (χ4n) is 1.90. The Balaban J connectivity index is 1.86. The number of anilines is 1. The Morgan fingerprint density at radius 1 is 1.17 bits per heavy atom. The number of benzene rings is 1. The molecule has 0 aliphatic heterocycles. The first-order valence-corrected chi connectivity index (χ1v) is 6.63. The van der Waals surface area contributed by atoms with Crippen LogP contribution in [-0.2, 0) is 6.54 Å². The average molecular weight is 255 g/mol. The van der Waals surface area contributed by atoms with E-state index in [1.807, 2.05) is 36.7 Å². The van der Waals surface area contributed by atoms with E-state index in [2.05, 4.69) is 28.3 Å². The third kappa shape index (κ3) is 2.19. The second kappa shape index (κ2) is 4.74. The molecule has 0 aliphatic carbocycles. The van der Waals surface area contributed by atoms with Gasteiger partial charge in [-0.05, 0) is 19.1 Å². The van der Waals surface area contributed by atoms with E-state index < -0.39 is 0 Å². The van der Waals surface area contributed by atoms with Crippen molar-refractivity contribution in [1.82, 2.24) is 9.97 Å². The summed E-state index contributed by atoms with van der Waals surface area (Å²) >= 11 is 1.72. The molecule has 0 atom stereocenters. The van der Waals surface area contributed by atoms with E-state index in [0.29, 0.717) is 0 Å². The number of thiazole rings is 1. The standard InChI is InChI=1S/C14H13N3S/c1-10-8-17-14(18-10)9-16-13-6-7-15-12-5-3-2-4-11(12)13/h2-8H,9H2,1H3,(H,15,16). The highest BCUT2D eigenvalue weighted by Gasteiger charge is 2.02. The number of nitrogens with one attached hydrogen (secondary N) is 1. The van der Waals surface area contributed by atoms with Gasteiger partial charge in [-0.3, -0.25) is 4.98 Å². The number of para-hydroxylation sites is 1.